The normalized spacial score (nSPS) is 21.0. The number of amides is 1. The molecular weight excluding hydrogens is 212 g/mol. The Bertz CT molecular complexity index is 240. The van der Waals surface area contributed by atoms with Crippen molar-refractivity contribution in [2.45, 2.75) is 19.8 Å². The molecule has 0 saturated carbocycles. The molecule has 0 aromatic carbocycles. The van der Waals surface area contributed by atoms with Gasteiger partial charge in [-0.15, -0.1) is 0 Å². The van der Waals surface area contributed by atoms with Gasteiger partial charge in [0.25, 0.3) is 0 Å². The molecule has 1 fully saturated rings. The van der Waals surface area contributed by atoms with E-state index < -0.39 is 0 Å². The fourth-order valence-corrected chi connectivity index (χ4v) is 1.88. The lowest BCUT2D eigenvalue weighted by atomic mass is 10.0. The van der Waals surface area contributed by atoms with Crippen LogP contribution in [0.5, 0.6) is 0 Å². The summed E-state index contributed by atoms with van der Waals surface area (Å²) in [6.45, 7) is 4.26. The lowest BCUT2D eigenvalue weighted by Gasteiger charge is -2.28. The highest BCUT2D eigenvalue weighted by Crippen LogP contribution is 2.16. The second-order valence-corrected chi connectivity index (χ2v) is 4.26. The van der Waals surface area contributed by atoms with Gasteiger partial charge in [0.15, 0.2) is 0 Å². The summed E-state index contributed by atoms with van der Waals surface area (Å²) in [5, 5.41) is 0. The zero-order valence-corrected chi connectivity index (χ0v) is 9.89. The molecule has 1 aliphatic heterocycles. The molecule has 1 rings (SSSR count). The maximum absolute atomic E-state index is 12.0. The van der Waals surface area contributed by atoms with Gasteiger partial charge in [-0.3, -0.25) is 4.79 Å². The number of hydrogen-bond acceptors (Lipinski definition) is 3. The molecule has 0 bridgehead atoms. The van der Waals surface area contributed by atoms with Gasteiger partial charge in [-0.1, -0.05) is 12.2 Å². The molecule has 1 saturated heterocycles. The molecule has 1 amide bonds. The molecule has 1 atom stereocenters. The van der Waals surface area contributed by atoms with Crippen molar-refractivity contribution < 1.29 is 9.53 Å². The molecule has 0 aromatic rings. The van der Waals surface area contributed by atoms with Crippen LogP contribution in [0.3, 0.4) is 0 Å². The van der Waals surface area contributed by atoms with Crippen LogP contribution in [0.2, 0.25) is 0 Å². The standard InChI is InChI=1S/C10H18N2O2S/c1-2-12(6-9(11)15)10(13)8-4-3-5-14-7-8/h8H,2-7H2,1H3,(H2,11,15). The van der Waals surface area contributed by atoms with Crippen molar-refractivity contribution in [3.05, 3.63) is 0 Å². The van der Waals surface area contributed by atoms with E-state index in [1.807, 2.05) is 6.92 Å². The summed E-state index contributed by atoms with van der Waals surface area (Å²) < 4.78 is 5.29. The van der Waals surface area contributed by atoms with Gasteiger partial charge in [0, 0.05) is 13.2 Å². The molecule has 15 heavy (non-hydrogen) atoms. The second-order valence-electron chi connectivity index (χ2n) is 3.73. The van der Waals surface area contributed by atoms with Crippen molar-refractivity contribution >= 4 is 23.1 Å². The first-order valence-electron chi connectivity index (χ1n) is 5.30. The van der Waals surface area contributed by atoms with Gasteiger partial charge in [-0.25, -0.2) is 0 Å². The van der Waals surface area contributed by atoms with Gasteiger partial charge in [0.1, 0.15) is 0 Å². The molecule has 0 spiro atoms. The zero-order chi connectivity index (χ0) is 11.3. The number of likely N-dealkylation sites (N-methyl/N-ethyl adjacent to an activating group) is 1. The van der Waals surface area contributed by atoms with E-state index in [-0.39, 0.29) is 11.8 Å². The number of carbonyl (C=O) groups excluding carboxylic acids is 1. The molecule has 5 heteroatoms. The smallest absolute Gasteiger partial charge is 0.228 e. The van der Waals surface area contributed by atoms with Crippen LogP contribution in [-0.4, -0.2) is 42.1 Å². The van der Waals surface area contributed by atoms with Crippen LogP contribution in [0, 0.1) is 5.92 Å². The van der Waals surface area contributed by atoms with Gasteiger partial charge in [0.05, 0.1) is 24.1 Å². The number of thiocarbonyl (C=S) groups is 1. The number of ether oxygens (including phenoxy) is 1. The molecule has 1 unspecified atom stereocenters. The zero-order valence-electron chi connectivity index (χ0n) is 9.07. The minimum Gasteiger partial charge on any atom is -0.392 e. The monoisotopic (exact) mass is 230 g/mol. The van der Waals surface area contributed by atoms with Crippen LogP contribution in [0.1, 0.15) is 19.8 Å². The minimum atomic E-state index is -0.00644. The Kier molecular flexibility index (Phi) is 4.98. The molecule has 2 N–H and O–H groups in total. The average Bonchev–Trinajstić information content (AvgIpc) is 2.26. The highest BCUT2D eigenvalue weighted by molar-refractivity contribution is 7.80. The maximum atomic E-state index is 12.0. The first-order valence-corrected chi connectivity index (χ1v) is 5.70. The van der Waals surface area contributed by atoms with E-state index in [9.17, 15) is 4.79 Å². The summed E-state index contributed by atoms with van der Waals surface area (Å²) in [7, 11) is 0. The Hall–Kier alpha value is -0.680. The summed E-state index contributed by atoms with van der Waals surface area (Å²) in [5.74, 6) is 0.109. The van der Waals surface area contributed by atoms with Crippen LogP contribution < -0.4 is 5.73 Å². The van der Waals surface area contributed by atoms with Gasteiger partial charge in [-0.05, 0) is 19.8 Å². The summed E-state index contributed by atoms with van der Waals surface area (Å²) in [6, 6.07) is 0. The van der Waals surface area contributed by atoms with E-state index in [1.54, 1.807) is 4.90 Å². The largest absolute Gasteiger partial charge is 0.392 e. The number of hydrogen-bond donors (Lipinski definition) is 1. The van der Waals surface area contributed by atoms with Crippen molar-refractivity contribution in [2.24, 2.45) is 11.7 Å². The highest BCUT2D eigenvalue weighted by atomic mass is 32.1. The SMILES string of the molecule is CCN(CC(N)=S)C(=O)C1CCCOC1. The fraction of sp³-hybridized carbons (Fsp3) is 0.800. The summed E-state index contributed by atoms with van der Waals surface area (Å²) >= 11 is 4.81. The van der Waals surface area contributed by atoms with Crippen LogP contribution in [0.4, 0.5) is 0 Å². The Morgan fingerprint density at radius 3 is 2.87 bits per heavy atom. The van der Waals surface area contributed by atoms with E-state index in [0.29, 0.717) is 24.7 Å². The average molecular weight is 230 g/mol. The number of nitrogens with two attached hydrogens (primary N) is 1. The van der Waals surface area contributed by atoms with Crippen molar-refractivity contribution in [3.8, 4) is 0 Å². The molecule has 1 aliphatic rings. The van der Waals surface area contributed by atoms with Gasteiger partial charge in [0.2, 0.25) is 5.91 Å². The van der Waals surface area contributed by atoms with E-state index in [1.165, 1.54) is 0 Å². The lowest BCUT2D eigenvalue weighted by molar-refractivity contribution is -0.138. The Morgan fingerprint density at radius 2 is 2.40 bits per heavy atom. The predicted octanol–water partition coefficient (Wildman–Crippen LogP) is 0.548. The van der Waals surface area contributed by atoms with Crippen molar-refractivity contribution in [1.82, 2.24) is 4.90 Å². The van der Waals surface area contributed by atoms with Crippen LogP contribution in [0.15, 0.2) is 0 Å². The Morgan fingerprint density at radius 1 is 1.67 bits per heavy atom. The van der Waals surface area contributed by atoms with E-state index in [2.05, 4.69) is 0 Å². The summed E-state index contributed by atoms with van der Waals surface area (Å²) in [5.41, 5.74) is 5.44. The van der Waals surface area contributed by atoms with Gasteiger partial charge < -0.3 is 15.4 Å². The Balaban J connectivity index is 2.50. The third kappa shape index (κ3) is 3.76. The summed E-state index contributed by atoms with van der Waals surface area (Å²) in [4.78, 5) is 14.1. The molecular formula is C10H18N2O2S. The van der Waals surface area contributed by atoms with E-state index in [4.69, 9.17) is 22.7 Å². The van der Waals surface area contributed by atoms with Crippen molar-refractivity contribution in [3.63, 3.8) is 0 Å². The van der Waals surface area contributed by atoms with Crippen LogP contribution >= 0.6 is 12.2 Å². The maximum Gasteiger partial charge on any atom is 0.228 e. The number of carbonyl (C=O) groups is 1. The van der Waals surface area contributed by atoms with Crippen molar-refractivity contribution in [2.75, 3.05) is 26.3 Å². The minimum absolute atomic E-state index is 0.00644. The molecule has 4 nitrogen and oxygen atoms in total. The highest BCUT2D eigenvalue weighted by Gasteiger charge is 2.25. The molecule has 0 aromatic heterocycles. The van der Waals surface area contributed by atoms with E-state index >= 15 is 0 Å². The quantitative estimate of drug-likeness (QED) is 0.717. The second kappa shape index (κ2) is 6.02. The molecule has 0 radical (unpaired) electrons. The molecule has 1 heterocycles. The predicted molar refractivity (Wildman–Crippen MR) is 62.6 cm³/mol. The first-order chi connectivity index (χ1) is 7.15. The van der Waals surface area contributed by atoms with Crippen LogP contribution in [0.25, 0.3) is 0 Å². The third-order valence-electron chi connectivity index (χ3n) is 2.55. The third-order valence-corrected chi connectivity index (χ3v) is 2.68. The van der Waals surface area contributed by atoms with Gasteiger partial charge in [-0.2, -0.15) is 0 Å². The Labute approximate surface area is 95.8 Å². The number of rotatable bonds is 4. The molecule has 86 valence electrons. The lowest BCUT2D eigenvalue weighted by Crippen LogP contribution is -2.43. The number of nitrogens with zero attached hydrogens (tertiary/aromatic N) is 1. The van der Waals surface area contributed by atoms with Gasteiger partial charge >= 0.3 is 0 Å². The van der Waals surface area contributed by atoms with E-state index in [0.717, 1.165) is 19.4 Å². The van der Waals surface area contributed by atoms with Crippen LogP contribution in [-0.2, 0) is 9.53 Å². The fourth-order valence-electron chi connectivity index (χ4n) is 1.73. The first kappa shape index (κ1) is 12.4. The molecule has 0 aliphatic carbocycles. The topological polar surface area (TPSA) is 55.6 Å². The van der Waals surface area contributed by atoms with Crippen molar-refractivity contribution in [1.29, 1.82) is 0 Å². The summed E-state index contributed by atoms with van der Waals surface area (Å²) in [6.07, 6.45) is 1.87.